The molecule has 22 heavy (non-hydrogen) atoms. The number of fused-ring (bicyclic) bond motifs is 1. The molecule has 0 aliphatic carbocycles. The van der Waals surface area contributed by atoms with Gasteiger partial charge in [-0.25, -0.2) is 15.0 Å². The molecule has 7 nitrogen and oxygen atoms in total. The SMILES string of the molecule is C/C=C(/NCC=O)c1c[nH]c2ncc(-c3cn(C)cn3)nc12. The summed E-state index contributed by atoms with van der Waals surface area (Å²) in [6, 6.07) is 0. The standard InChI is InChI=1S/C15H16N6O/c1-3-11(16-4-5-22)10-6-17-15-14(10)20-12(7-18-15)13-8-21(2)9-19-13/h3,5-9,16H,4H2,1-2H3,(H,17,18)/b11-3+. The van der Waals surface area contributed by atoms with Gasteiger partial charge in [-0.15, -0.1) is 0 Å². The molecule has 0 fully saturated rings. The molecule has 0 aliphatic rings. The van der Waals surface area contributed by atoms with Crippen LogP contribution in [-0.2, 0) is 11.8 Å². The summed E-state index contributed by atoms with van der Waals surface area (Å²) in [4.78, 5) is 27.0. The number of hydrogen-bond acceptors (Lipinski definition) is 5. The van der Waals surface area contributed by atoms with E-state index in [1.54, 1.807) is 12.5 Å². The summed E-state index contributed by atoms with van der Waals surface area (Å²) < 4.78 is 1.86. The van der Waals surface area contributed by atoms with Crippen molar-refractivity contribution in [2.45, 2.75) is 6.92 Å². The van der Waals surface area contributed by atoms with Gasteiger partial charge in [-0.3, -0.25) is 0 Å². The predicted octanol–water partition coefficient (Wildman–Crippen LogP) is 1.51. The number of allylic oxidation sites excluding steroid dienone is 1. The Hall–Kier alpha value is -2.96. The van der Waals surface area contributed by atoms with E-state index in [4.69, 9.17) is 0 Å². The summed E-state index contributed by atoms with van der Waals surface area (Å²) >= 11 is 0. The third kappa shape index (κ3) is 2.48. The van der Waals surface area contributed by atoms with Gasteiger partial charge in [-0.1, -0.05) is 6.08 Å². The second-order valence-corrected chi connectivity index (χ2v) is 4.83. The first kappa shape index (κ1) is 14.0. The van der Waals surface area contributed by atoms with Gasteiger partial charge in [0.1, 0.15) is 23.2 Å². The summed E-state index contributed by atoms with van der Waals surface area (Å²) in [5.41, 5.74) is 4.64. The van der Waals surface area contributed by atoms with Crippen molar-refractivity contribution in [2.24, 2.45) is 7.05 Å². The molecule has 0 saturated heterocycles. The van der Waals surface area contributed by atoms with Crippen LogP contribution in [0.15, 0.2) is 31.0 Å². The maximum atomic E-state index is 10.6. The average molecular weight is 296 g/mol. The first-order valence-corrected chi connectivity index (χ1v) is 6.89. The third-order valence-electron chi connectivity index (χ3n) is 3.30. The van der Waals surface area contributed by atoms with Gasteiger partial charge in [0.25, 0.3) is 0 Å². The lowest BCUT2D eigenvalue weighted by Gasteiger charge is -2.06. The van der Waals surface area contributed by atoms with Gasteiger partial charge >= 0.3 is 0 Å². The number of carbonyl (C=O) groups excluding carboxylic acids is 1. The normalized spacial score (nSPS) is 11.8. The quantitative estimate of drug-likeness (QED) is 0.697. The van der Waals surface area contributed by atoms with Gasteiger partial charge in [-0.2, -0.15) is 0 Å². The molecule has 2 N–H and O–H groups in total. The van der Waals surface area contributed by atoms with Crippen molar-refractivity contribution in [3.05, 3.63) is 36.6 Å². The Bertz CT molecular complexity index is 845. The van der Waals surface area contributed by atoms with E-state index in [0.29, 0.717) is 11.3 Å². The number of nitrogens with zero attached hydrogens (tertiary/aromatic N) is 4. The summed E-state index contributed by atoms with van der Waals surface area (Å²) in [5, 5.41) is 3.06. The lowest BCUT2D eigenvalue weighted by Crippen LogP contribution is -2.14. The second kappa shape index (κ2) is 5.80. The lowest BCUT2D eigenvalue weighted by molar-refractivity contribution is -0.107. The van der Waals surface area contributed by atoms with Crippen molar-refractivity contribution >= 4 is 23.1 Å². The second-order valence-electron chi connectivity index (χ2n) is 4.83. The number of carbonyl (C=O) groups is 1. The van der Waals surface area contributed by atoms with E-state index in [1.807, 2.05) is 37.0 Å². The Labute approximate surface area is 127 Å². The molecule has 3 heterocycles. The van der Waals surface area contributed by atoms with E-state index < -0.39 is 0 Å². The number of imidazole rings is 1. The van der Waals surface area contributed by atoms with Crippen molar-refractivity contribution in [2.75, 3.05) is 6.54 Å². The molecule has 3 aromatic rings. The molecule has 112 valence electrons. The van der Waals surface area contributed by atoms with Crippen molar-refractivity contribution in [3.63, 3.8) is 0 Å². The predicted molar refractivity (Wildman–Crippen MR) is 83.8 cm³/mol. The molecule has 0 saturated carbocycles. The molecule has 3 aromatic heterocycles. The molecule has 7 heteroatoms. The number of nitrogens with one attached hydrogen (secondary N) is 2. The zero-order chi connectivity index (χ0) is 15.5. The number of hydrogen-bond donors (Lipinski definition) is 2. The Morgan fingerprint density at radius 2 is 2.27 bits per heavy atom. The highest BCUT2D eigenvalue weighted by molar-refractivity contribution is 5.88. The molecule has 0 radical (unpaired) electrons. The van der Waals surface area contributed by atoms with E-state index in [1.165, 1.54) is 0 Å². The highest BCUT2D eigenvalue weighted by atomic mass is 16.1. The maximum Gasteiger partial charge on any atom is 0.156 e. The van der Waals surface area contributed by atoms with Gasteiger partial charge in [0.15, 0.2) is 5.65 Å². The monoisotopic (exact) mass is 296 g/mol. The molecule has 0 amide bonds. The largest absolute Gasteiger partial charge is 0.378 e. The van der Waals surface area contributed by atoms with Crippen molar-refractivity contribution in [1.82, 2.24) is 29.8 Å². The van der Waals surface area contributed by atoms with Gasteiger partial charge in [-0.05, 0) is 6.92 Å². The molecule has 0 bridgehead atoms. The highest BCUT2D eigenvalue weighted by Gasteiger charge is 2.12. The van der Waals surface area contributed by atoms with Gasteiger partial charge in [0, 0.05) is 30.7 Å². The molecule has 3 rings (SSSR count). The van der Waals surface area contributed by atoms with Crippen LogP contribution in [0.5, 0.6) is 0 Å². The van der Waals surface area contributed by atoms with Crippen LogP contribution in [-0.4, -0.2) is 37.3 Å². The van der Waals surface area contributed by atoms with Crippen LogP contribution < -0.4 is 5.32 Å². The summed E-state index contributed by atoms with van der Waals surface area (Å²) in [6.45, 7) is 2.15. The Morgan fingerprint density at radius 1 is 1.41 bits per heavy atom. The topological polar surface area (TPSA) is 88.5 Å². The zero-order valence-corrected chi connectivity index (χ0v) is 12.4. The van der Waals surface area contributed by atoms with Gasteiger partial charge in [0.05, 0.1) is 19.1 Å². The lowest BCUT2D eigenvalue weighted by atomic mass is 10.2. The van der Waals surface area contributed by atoms with E-state index >= 15 is 0 Å². The Balaban J connectivity index is 2.07. The fourth-order valence-electron chi connectivity index (χ4n) is 2.27. The van der Waals surface area contributed by atoms with Gasteiger partial charge < -0.3 is 19.7 Å². The van der Waals surface area contributed by atoms with Crippen molar-refractivity contribution < 1.29 is 4.79 Å². The molecule has 0 aliphatic heterocycles. The van der Waals surface area contributed by atoms with Crippen LogP contribution in [0.3, 0.4) is 0 Å². The number of rotatable bonds is 5. The number of aromatic nitrogens is 5. The first-order valence-electron chi connectivity index (χ1n) is 6.89. The van der Waals surface area contributed by atoms with Crippen LogP contribution in [0, 0.1) is 0 Å². The van der Waals surface area contributed by atoms with E-state index in [2.05, 4.69) is 25.3 Å². The van der Waals surface area contributed by atoms with Crippen molar-refractivity contribution in [1.29, 1.82) is 0 Å². The average Bonchev–Trinajstić information content (AvgIpc) is 3.14. The Morgan fingerprint density at radius 3 is 2.95 bits per heavy atom. The van der Waals surface area contributed by atoms with Crippen LogP contribution >= 0.6 is 0 Å². The van der Waals surface area contributed by atoms with E-state index in [9.17, 15) is 4.79 Å². The molecule has 0 unspecified atom stereocenters. The molecule has 0 spiro atoms. The fourth-order valence-corrected chi connectivity index (χ4v) is 2.27. The number of aryl methyl sites for hydroxylation is 1. The minimum atomic E-state index is 0.250. The number of aromatic amines is 1. The minimum absolute atomic E-state index is 0.250. The smallest absolute Gasteiger partial charge is 0.156 e. The number of aldehydes is 1. The minimum Gasteiger partial charge on any atom is -0.378 e. The van der Waals surface area contributed by atoms with Crippen molar-refractivity contribution in [3.8, 4) is 11.4 Å². The summed E-state index contributed by atoms with van der Waals surface area (Å²) in [7, 11) is 1.91. The van der Waals surface area contributed by atoms with Crippen LogP contribution in [0.25, 0.3) is 28.2 Å². The van der Waals surface area contributed by atoms with Gasteiger partial charge in [0.2, 0.25) is 0 Å². The van der Waals surface area contributed by atoms with Crippen LogP contribution in [0.4, 0.5) is 0 Å². The highest BCUT2D eigenvalue weighted by Crippen LogP contribution is 2.23. The summed E-state index contributed by atoms with van der Waals surface area (Å²) in [6.07, 6.45) is 9.87. The summed E-state index contributed by atoms with van der Waals surface area (Å²) in [5.74, 6) is 0. The number of H-pyrrole nitrogens is 1. The maximum absolute atomic E-state index is 10.6. The van der Waals surface area contributed by atoms with E-state index in [-0.39, 0.29) is 6.54 Å². The molecule has 0 aromatic carbocycles. The molecular weight excluding hydrogens is 280 g/mol. The Kier molecular flexibility index (Phi) is 3.69. The van der Waals surface area contributed by atoms with Crippen LogP contribution in [0.2, 0.25) is 0 Å². The molecular formula is C15H16N6O. The third-order valence-corrected chi connectivity index (χ3v) is 3.30. The fraction of sp³-hybridized carbons (Fsp3) is 0.200. The first-order chi connectivity index (χ1) is 10.7. The molecule has 0 atom stereocenters. The van der Waals surface area contributed by atoms with Crippen LogP contribution in [0.1, 0.15) is 12.5 Å². The van der Waals surface area contributed by atoms with E-state index in [0.717, 1.165) is 28.8 Å². The zero-order valence-electron chi connectivity index (χ0n) is 12.4.